The van der Waals surface area contributed by atoms with Gasteiger partial charge in [0.2, 0.25) is 0 Å². The zero-order valence-corrected chi connectivity index (χ0v) is 20.3. The van der Waals surface area contributed by atoms with Gasteiger partial charge in [0.25, 0.3) is 7.82 Å². The van der Waals surface area contributed by atoms with E-state index in [2.05, 4.69) is 8.62 Å². The third-order valence-corrected chi connectivity index (χ3v) is 3.74. The van der Waals surface area contributed by atoms with Gasteiger partial charge in [0.1, 0.15) is 0 Å². The average Bonchev–Trinajstić information content (AvgIpc) is 1.64. The molecule has 1 atom stereocenters. The van der Waals surface area contributed by atoms with Crippen LogP contribution in [0.15, 0.2) is 0 Å². The minimum Gasteiger partial charge on any atom is -0.790 e. The molecule has 0 fully saturated rings. The summed E-state index contributed by atoms with van der Waals surface area (Å²) in [7, 11) is -21.1. The molecule has 0 aliphatic carbocycles. The van der Waals surface area contributed by atoms with Gasteiger partial charge in [-0.2, -0.15) is 4.31 Å². The molecule has 0 heterocycles. The van der Waals surface area contributed by atoms with Crippen LogP contribution in [0, 0.1) is 0 Å². The second-order valence-electron chi connectivity index (χ2n) is 2.06. The van der Waals surface area contributed by atoms with Gasteiger partial charge in [0.05, 0.1) is 7.82 Å². The van der Waals surface area contributed by atoms with Crippen molar-refractivity contribution in [2.45, 2.75) is 0 Å². The third-order valence-electron chi connectivity index (χ3n) is 0.416. The van der Waals surface area contributed by atoms with Crippen LogP contribution in [0.2, 0.25) is 0 Å². The van der Waals surface area contributed by atoms with Crippen molar-refractivity contribution >= 4 is 31.3 Å². The molecule has 0 spiro atoms. The predicted molar refractivity (Wildman–Crippen MR) is 43.7 cm³/mol. The zero-order valence-electron chi connectivity index (χ0n) is 10.7. The summed E-state index contributed by atoms with van der Waals surface area (Å²) in [5, 5.41) is 0. The fourth-order valence-corrected chi connectivity index (χ4v) is 2.38. The molecule has 0 aromatic heterocycles. The van der Waals surface area contributed by atoms with E-state index in [0.717, 1.165) is 0 Å². The molecule has 0 aromatic carbocycles. The minimum absolute atomic E-state index is 0. The summed E-state index contributed by atoms with van der Waals surface area (Å²) in [6.07, 6.45) is 0. The molecule has 1 unspecified atom stereocenters. The van der Waals surface area contributed by atoms with Crippen LogP contribution < -0.4 is 103 Å². The van der Waals surface area contributed by atoms with Crippen molar-refractivity contribution in [2.24, 2.45) is 0 Å². The molecule has 5 N–H and O–H groups in total. The Labute approximate surface area is 183 Å². The van der Waals surface area contributed by atoms with Crippen molar-refractivity contribution < 1.29 is 155 Å². The van der Waals surface area contributed by atoms with E-state index in [1.807, 2.05) is 0 Å². The molecule has 14 nitrogen and oxygen atoms in total. The molecule has 112 valence electrons. The van der Waals surface area contributed by atoms with Crippen molar-refractivity contribution in [3.8, 4) is 0 Å². The van der Waals surface area contributed by atoms with Crippen molar-refractivity contribution in [2.75, 3.05) is 0 Å². The Morgan fingerprint density at radius 3 is 0.857 bits per heavy atom. The summed E-state index contributed by atoms with van der Waals surface area (Å²) in [5.41, 5.74) is 0. The molecule has 0 aromatic rings. The summed E-state index contributed by atoms with van der Waals surface area (Å²) in [4.78, 5) is 66.7. The van der Waals surface area contributed by atoms with Crippen LogP contribution in [0.5, 0.6) is 0 Å². The Morgan fingerprint density at radius 2 is 0.857 bits per heavy atom. The molecule has 0 amide bonds. The van der Waals surface area contributed by atoms with Gasteiger partial charge in [-0.25, -0.2) is 9.13 Å². The smallest absolute Gasteiger partial charge is 0.790 e. The Morgan fingerprint density at radius 1 is 0.619 bits per heavy atom. The van der Waals surface area contributed by atoms with E-state index < -0.39 is 31.3 Å². The van der Waals surface area contributed by atoms with Gasteiger partial charge in [-0.05, 0) is 0 Å². The van der Waals surface area contributed by atoms with Crippen LogP contribution in [-0.4, -0.2) is 24.5 Å². The summed E-state index contributed by atoms with van der Waals surface area (Å²) in [5.74, 6) is 0. The topological polar surface area (TPSA) is 257 Å². The maximum absolute atomic E-state index is 9.63. The standard InChI is InChI=1S/3Na.2H4O7P2/c;;;2*1-8(2,3)7-9(4,5)6/h;;;2*(H2,1,2,3)(H2,4,5,6)/q3*+1;;/p-3. The number of hydrogen-bond donors (Lipinski definition) is 5. The summed E-state index contributed by atoms with van der Waals surface area (Å²) in [6, 6.07) is 0. The minimum atomic E-state index is -5.61. The maximum Gasteiger partial charge on any atom is 1.00 e. The molecule has 0 rings (SSSR count). The van der Waals surface area contributed by atoms with E-state index in [4.69, 9.17) is 24.5 Å². The third kappa shape index (κ3) is 45.2. The Balaban J connectivity index is -0.0000000711. The second kappa shape index (κ2) is 13.7. The zero-order chi connectivity index (χ0) is 15.4. The van der Waals surface area contributed by atoms with E-state index >= 15 is 0 Å². The van der Waals surface area contributed by atoms with Gasteiger partial charge < -0.3 is 43.7 Å². The van der Waals surface area contributed by atoms with Gasteiger partial charge in [-0.3, -0.25) is 8.88 Å². The van der Waals surface area contributed by atoms with Crippen LogP contribution in [-0.2, 0) is 26.9 Å². The molecule has 0 bridgehead atoms. The van der Waals surface area contributed by atoms with Gasteiger partial charge >= 0.3 is 104 Å². The quantitative estimate of drug-likeness (QED) is 0.208. The maximum atomic E-state index is 9.63. The first-order valence-electron chi connectivity index (χ1n) is 3.01. The van der Waals surface area contributed by atoms with Crippen LogP contribution in [0.25, 0.3) is 0 Å². The molecule has 0 aliphatic heterocycles. The van der Waals surface area contributed by atoms with Gasteiger partial charge in [0, 0.05) is 0 Å². The first kappa shape index (κ1) is 35.6. The molecule has 21 heteroatoms. The molecule has 0 saturated heterocycles. The van der Waals surface area contributed by atoms with Crippen LogP contribution in [0.4, 0.5) is 0 Å². The van der Waals surface area contributed by atoms with Crippen LogP contribution >= 0.6 is 31.3 Å². The van der Waals surface area contributed by atoms with Crippen LogP contribution in [0.3, 0.4) is 0 Å². The van der Waals surface area contributed by atoms with E-state index in [0.29, 0.717) is 0 Å². The summed E-state index contributed by atoms with van der Waals surface area (Å²) in [6.45, 7) is 0. The SMILES string of the molecule is O=P(O)(O)OP(=O)(O)O.O=P([O-])([O-])OP(=O)([O-])O.[Na+].[Na+].[Na+]. The van der Waals surface area contributed by atoms with Crippen molar-refractivity contribution in [3.05, 3.63) is 0 Å². The van der Waals surface area contributed by atoms with Gasteiger partial charge in [-0.15, -0.1) is 0 Å². The molecular formula is H5Na3O14P4. The number of phosphoric acid groups is 4. The fourth-order valence-electron chi connectivity index (χ4n) is 0.265. The van der Waals surface area contributed by atoms with E-state index in [1.165, 1.54) is 0 Å². The van der Waals surface area contributed by atoms with E-state index in [9.17, 15) is 32.9 Å². The molecule has 21 heavy (non-hydrogen) atoms. The molecule has 0 saturated carbocycles. The molecule has 0 radical (unpaired) electrons. The summed E-state index contributed by atoms with van der Waals surface area (Å²) < 4.78 is 43.6. The van der Waals surface area contributed by atoms with E-state index in [-0.39, 0.29) is 88.7 Å². The van der Waals surface area contributed by atoms with Gasteiger partial charge in [-0.1, -0.05) is 0 Å². The molecule has 0 aliphatic rings. The summed E-state index contributed by atoms with van der Waals surface area (Å²) >= 11 is 0. The van der Waals surface area contributed by atoms with Crippen molar-refractivity contribution in [3.63, 3.8) is 0 Å². The first-order chi connectivity index (χ1) is 7.41. The normalized spacial score (nSPS) is 14.1. The number of rotatable bonds is 4. The monoisotopic (exact) mass is 422 g/mol. The fraction of sp³-hybridized carbons (Fsp3) is 0. The second-order valence-corrected chi connectivity index (χ2v) is 7.16. The Kier molecular flexibility index (Phi) is 23.2. The van der Waals surface area contributed by atoms with Crippen molar-refractivity contribution in [1.29, 1.82) is 0 Å². The Hall–Kier alpha value is 3.52. The van der Waals surface area contributed by atoms with E-state index in [1.54, 1.807) is 0 Å². The molecular weight excluding hydrogens is 417 g/mol. The van der Waals surface area contributed by atoms with Crippen LogP contribution in [0.1, 0.15) is 0 Å². The largest absolute Gasteiger partial charge is 1.00 e. The predicted octanol–water partition coefficient (Wildman–Crippen LogP) is -12.5. The van der Waals surface area contributed by atoms with Gasteiger partial charge in [0.15, 0.2) is 0 Å². The first-order valence-corrected chi connectivity index (χ1v) is 9.02. The number of hydrogen-bond acceptors (Lipinski definition) is 9. The Bertz CT molecular complexity index is 349. The average molecular weight is 422 g/mol. The van der Waals surface area contributed by atoms with Crippen molar-refractivity contribution in [1.82, 2.24) is 0 Å².